The van der Waals surface area contributed by atoms with E-state index in [4.69, 9.17) is 9.84 Å². The van der Waals surface area contributed by atoms with Crippen molar-refractivity contribution in [2.75, 3.05) is 0 Å². The van der Waals surface area contributed by atoms with Crippen molar-refractivity contribution < 1.29 is 14.6 Å². The van der Waals surface area contributed by atoms with Crippen LogP contribution >= 0.6 is 12.6 Å². The zero-order chi connectivity index (χ0) is 9.84. The maximum atomic E-state index is 11.2. The zero-order valence-electron chi connectivity index (χ0n) is 7.10. The van der Waals surface area contributed by atoms with Crippen molar-refractivity contribution in [2.24, 2.45) is 0 Å². The maximum Gasteiger partial charge on any atom is 0.339 e. The van der Waals surface area contributed by atoms with E-state index < -0.39 is 11.4 Å². The predicted molar refractivity (Wildman–Crippen MR) is 52.0 cm³/mol. The molecule has 0 fully saturated rings. The van der Waals surface area contributed by atoms with Crippen molar-refractivity contribution in [3.63, 3.8) is 0 Å². The van der Waals surface area contributed by atoms with Crippen molar-refractivity contribution in [2.45, 2.75) is 12.4 Å². The Hall–Kier alpha value is -1.16. The lowest BCUT2D eigenvalue weighted by molar-refractivity contribution is 0.0484. The summed E-state index contributed by atoms with van der Waals surface area (Å²) in [5, 5.41) is 9.07. The van der Waals surface area contributed by atoms with Crippen LogP contribution in [0, 0.1) is 0 Å². The van der Waals surface area contributed by atoms with Crippen molar-refractivity contribution in [1.29, 1.82) is 0 Å². The molecule has 0 bridgehead atoms. The fourth-order valence-corrected chi connectivity index (χ4v) is 0.952. The predicted octanol–water partition coefficient (Wildman–Crippen LogP) is 1.82. The second-order valence-electron chi connectivity index (χ2n) is 2.55. The summed E-state index contributed by atoms with van der Waals surface area (Å²) in [6, 6.07) is 5.98. The molecule has 0 spiro atoms. The number of phenols is 1. The molecule has 1 atom stereocenters. The number of ether oxygens (including phenoxy) is 1. The van der Waals surface area contributed by atoms with E-state index in [0.29, 0.717) is 5.56 Å². The van der Waals surface area contributed by atoms with Crippen LogP contribution in [0.1, 0.15) is 17.3 Å². The van der Waals surface area contributed by atoms with E-state index >= 15 is 0 Å². The number of thiol groups is 1. The first kappa shape index (κ1) is 9.92. The Morgan fingerprint density at radius 2 is 2.31 bits per heavy atom. The van der Waals surface area contributed by atoms with E-state index in [1.807, 2.05) is 0 Å². The van der Waals surface area contributed by atoms with Crippen LogP contribution in [0.2, 0.25) is 0 Å². The smallest absolute Gasteiger partial charge is 0.339 e. The molecule has 1 rings (SSSR count). The van der Waals surface area contributed by atoms with Gasteiger partial charge in [-0.05, 0) is 25.1 Å². The molecule has 13 heavy (non-hydrogen) atoms. The largest absolute Gasteiger partial charge is 0.508 e. The van der Waals surface area contributed by atoms with Gasteiger partial charge in [-0.1, -0.05) is 6.07 Å². The number of esters is 1. The number of rotatable bonds is 2. The number of carbonyl (C=O) groups excluding carboxylic acids is 1. The lowest BCUT2D eigenvalue weighted by Crippen LogP contribution is -2.09. The van der Waals surface area contributed by atoms with Gasteiger partial charge < -0.3 is 9.84 Å². The highest BCUT2D eigenvalue weighted by molar-refractivity contribution is 7.80. The number of carbonyl (C=O) groups is 1. The molecule has 0 saturated heterocycles. The van der Waals surface area contributed by atoms with Crippen LogP contribution in [0.5, 0.6) is 5.75 Å². The van der Waals surface area contributed by atoms with Gasteiger partial charge in [-0.2, -0.15) is 0 Å². The molecular formula is C9H10O3S. The van der Waals surface area contributed by atoms with Gasteiger partial charge in [0, 0.05) is 0 Å². The van der Waals surface area contributed by atoms with Crippen LogP contribution in [-0.4, -0.2) is 16.5 Å². The molecule has 1 aromatic carbocycles. The minimum absolute atomic E-state index is 0.0428. The Morgan fingerprint density at radius 3 is 2.85 bits per heavy atom. The lowest BCUT2D eigenvalue weighted by atomic mass is 10.2. The number of hydrogen-bond donors (Lipinski definition) is 2. The Morgan fingerprint density at radius 1 is 1.62 bits per heavy atom. The maximum absolute atomic E-state index is 11.2. The van der Waals surface area contributed by atoms with E-state index in [9.17, 15) is 4.79 Å². The first-order valence-corrected chi connectivity index (χ1v) is 4.29. The van der Waals surface area contributed by atoms with Gasteiger partial charge in [0.15, 0.2) is 0 Å². The molecule has 1 N–H and O–H groups in total. The molecule has 1 aromatic rings. The number of phenolic OH excluding ortho intramolecular Hbond substituents is 1. The Kier molecular flexibility index (Phi) is 3.19. The zero-order valence-corrected chi connectivity index (χ0v) is 7.99. The summed E-state index contributed by atoms with van der Waals surface area (Å²) >= 11 is 3.91. The highest BCUT2D eigenvalue weighted by Crippen LogP contribution is 2.12. The summed E-state index contributed by atoms with van der Waals surface area (Å²) < 4.78 is 4.81. The van der Waals surface area contributed by atoms with Gasteiger partial charge in [0.2, 0.25) is 0 Å². The van der Waals surface area contributed by atoms with Crippen LogP contribution in [0.3, 0.4) is 0 Å². The monoisotopic (exact) mass is 198 g/mol. The highest BCUT2D eigenvalue weighted by Gasteiger charge is 2.09. The fourth-order valence-electron chi connectivity index (χ4n) is 0.856. The highest BCUT2D eigenvalue weighted by atomic mass is 32.1. The molecule has 70 valence electrons. The van der Waals surface area contributed by atoms with Crippen LogP contribution < -0.4 is 0 Å². The summed E-state index contributed by atoms with van der Waals surface area (Å²) in [6.45, 7) is 1.64. The van der Waals surface area contributed by atoms with Gasteiger partial charge in [-0.25, -0.2) is 4.79 Å². The summed E-state index contributed by atoms with van der Waals surface area (Å²) in [5.74, 6) is -0.445. The van der Waals surface area contributed by atoms with E-state index in [2.05, 4.69) is 12.6 Å². The molecule has 4 heteroatoms. The van der Waals surface area contributed by atoms with Gasteiger partial charge in [0.05, 0.1) is 5.56 Å². The normalized spacial score (nSPS) is 12.2. The molecular weight excluding hydrogens is 188 g/mol. The summed E-state index contributed by atoms with van der Waals surface area (Å²) in [5.41, 5.74) is -0.129. The molecule has 3 nitrogen and oxygen atoms in total. The second kappa shape index (κ2) is 4.18. The minimum atomic E-state index is -0.488. The number of aromatic hydroxyl groups is 1. The first-order chi connectivity index (χ1) is 6.09. The van der Waals surface area contributed by atoms with Crippen molar-refractivity contribution in [3.05, 3.63) is 29.8 Å². The molecule has 0 aromatic heterocycles. The van der Waals surface area contributed by atoms with E-state index in [1.54, 1.807) is 19.1 Å². The first-order valence-electron chi connectivity index (χ1n) is 3.77. The third-order valence-electron chi connectivity index (χ3n) is 1.36. The summed E-state index contributed by atoms with van der Waals surface area (Å²) in [4.78, 5) is 11.2. The number of hydrogen-bond acceptors (Lipinski definition) is 4. The minimum Gasteiger partial charge on any atom is -0.508 e. The topological polar surface area (TPSA) is 46.5 Å². The Bertz CT molecular complexity index is 309. The van der Waals surface area contributed by atoms with Crippen molar-refractivity contribution in [3.8, 4) is 5.75 Å². The van der Waals surface area contributed by atoms with Gasteiger partial charge in [0.1, 0.15) is 11.2 Å². The quantitative estimate of drug-likeness (QED) is 0.433. The average molecular weight is 198 g/mol. The van der Waals surface area contributed by atoms with Crippen LogP contribution in [0.4, 0.5) is 0 Å². The lowest BCUT2D eigenvalue weighted by Gasteiger charge is -2.06. The molecule has 0 aliphatic rings. The molecule has 0 heterocycles. The second-order valence-corrected chi connectivity index (χ2v) is 3.28. The molecule has 0 aliphatic carbocycles. The standard InChI is InChI=1S/C9H10O3S/c1-6(13)12-9(11)7-3-2-4-8(10)5-7/h2-6,10,13H,1H3. The van der Waals surface area contributed by atoms with Crippen LogP contribution in [0.15, 0.2) is 24.3 Å². The molecule has 1 unspecified atom stereocenters. The SMILES string of the molecule is CC(S)OC(=O)c1cccc(O)c1. The van der Waals surface area contributed by atoms with Gasteiger partial charge >= 0.3 is 5.97 Å². The molecule has 0 radical (unpaired) electrons. The molecule has 0 saturated carbocycles. The summed E-state index contributed by atoms with van der Waals surface area (Å²) in [7, 11) is 0. The van der Waals surface area contributed by atoms with Gasteiger partial charge in [-0.15, -0.1) is 12.6 Å². The van der Waals surface area contributed by atoms with E-state index in [-0.39, 0.29) is 5.75 Å². The van der Waals surface area contributed by atoms with Crippen molar-refractivity contribution >= 4 is 18.6 Å². The van der Waals surface area contributed by atoms with E-state index in [1.165, 1.54) is 12.1 Å². The van der Waals surface area contributed by atoms with Crippen LogP contribution in [0.25, 0.3) is 0 Å². The fraction of sp³-hybridized carbons (Fsp3) is 0.222. The summed E-state index contributed by atoms with van der Waals surface area (Å²) in [6.07, 6.45) is 0. The Labute approximate surface area is 81.8 Å². The van der Waals surface area contributed by atoms with E-state index in [0.717, 1.165) is 0 Å². The van der Waals surface area contributed by atoms with Crippen molar-refractivity contribution in [1.82, 2.24) is 0 Å². The van der Waals surface area contributed by atoms with Gasteiger partial charge in [-0.3, -0.25) is 0 Å². The average Bonchev–Trinajstić information content (AvgIpc) is 2.03. The Balaban J connectivity index is 2.77. The third-order valence-corrected chi connectivity index (χ3v) is 1.46. The molecule has 0 amide bonds. The third kappa shape index (κ3) is 2.99. The number of benzene rings is 1. The van der Waals surface area contributed by atoms with Crippen LogP contribution in [-0.2, 0) is 4.74 Å². The molecule has 0 aliphatic heterocycles. The van der Waals surface area contributed by atoms with Gasteiger partial charge in [0.25, 0.3) is 0 Å².